The molecule has 1 saturated heterocycles. The van der Waals surface area contributed by atoms with Crippen molar-refractivity contribution < 1.29 is 4.74 Å². The van der Waals surface area contributed by atoms with E-state index >= 15 is 0 Å². The number of nitrogens with one attached hydrogen (secondary N) is 1. The van der Waals surface area contributed by atoms with Gasteiger partial charge in [0.1, 0.15) is 0 Å². The summed E-state index contributed by atoms with van der Waals surface area (Å²) >= 11 is 0. The minimum Gasteiger partial charge on any atom is -0.376 e. The summed E-state index contributed by atoms with van der Waals surface area (Å²) in [5, 5.41) is 3.60. The molecule has 2 unspecified atom stereocenters. The lowest BCUT2D eigenvalue weighted by Crippen LogP contribution is -2.32. The number of aryl methyl sites for hydroxylation is 1. The lowest BCUT2D eigenvalue weighted by Gasteiger charge is -2.25. The molecule has 1 aromatic heterocycles. The summed E-state index contributed by atoms with van der Waals surface area (Å²) in [6, 6.07) is 2.37. The second-order valence-corrected chi connectivity index (χ2v) is 4.72. The predicted octanol–water partition coefficient (Wildman–Crippen LogP) is 2.61. The van der Waals surface area contributed by atoms with E-state index in [-0.39, 0.29) is 0 Å². The van der Waals surface area contributed by atoms with Crippen molar-refractivity contribution in [2.45, 2.75) is 45.3 Å². The molecule has 17 heavy (non-hydrogen) atoms. The molecule has 0 bridgehead atoms. The molecule has 1 N–H and O–H groups in total. The molecule has 0 aliphatic carbocycles. The van der Waals surface area contributed by atoms with Crippen molar-refractivity contribution in [1.29, 1.82) is 0 Å². The van der Waals surface area contributed by atoms with Crippen LogP contribution < -0.4 is 5.32 Å². The number of aromatic nitrogens is 1. The first kappa shape index (κ1) is 12.5. The highest BCUT2D eigenvalue weighted by atomic mass is 16.5. The Morgan fingerprint density at radius 3 is 3.12 bits per heavy atom. The largest absolute Gasteiger partial charge is 0.376 e. The van der Waals surface area contributed by atoms with Crippen molar-refractivity contribution in [2.75, 3.05) is 13.2 Å². The maximum Gasteiger partial charge on any atom is 0.0771 e. The van der Waals surface area contributed by atoms with Gasteiger partial charge in [-0.25, -0.2) is 0 Å². The molecule has 2 atom stereocenters. The minimum absolute atomic E-state index is 0.297. The molecule has 0 spiro atoms. The van der Waals surface area contributed by atoms with Crippen LogP contribution in [0.2, 0.25) is 0 Å². The monoisotopic (exact) mass is 234 g/mol. The average molecular weight is 234 g/mol. The summed E-state index contributed by atoms with van der Waals surface area (Å²) in [4.78, 5) is 4.25. The van der Waals surface area contributed by atoms with Gasteiger partial charge in [0.05, 0.1) is 12.1 Å². The Kier molecular flexibility index (Phi) is 4.51. The molecule has 0 amide bonds. The molecular weight excluding hydrogens is 212 g/mol. The fraction of sp³-hybridized carbons (Fsp3) is 0.643. The minimum atomic E-state index is 0.297. The van der Waals surface area contributed by atoms with Crippen LogP contribution in [-0.2, 0) is 4.74 Å². The fourth-order valence-corrected chi connectivity index (χ4v) is 2.41. The zero-order valence-electron chi connectivity index (χ0n) is 10.8. The van der Waals surface area contributed by atoms with E-state index in [0.29, 0.717) is 12.1 Å². The molecule has 3 nitrogen and oxygen atoms in total. The number of pyridine rings is 1. The summed E-state index contributed by atoms with van der Waals surface area (Å²) in [5.74, 6) is 0. The van der Waals surface area contributed by atoms with Crippen molar-refractivity contribution in [3.05, 3.63) is 29.6 Å². The Balaban J connectivity index is 2.16. The van der Waals surface area contributed by atoms with Gasteiger partial charge in [-0.05, 0) is 49.9 Å². The zero-order valence-corrected chi connectivity index (χ0v) is 10.8. The standard InChI is InChI=1S/C14H22N2O/c1-3-7-16-14(13-5-4-9-17-13)12-10-15-8-6-11(12)2/h6,8,10,13-14,16H,3-5,7,9H2,1-2H3. The van der Waals surface area contributed by atoms with Crippen LogP contribution >= 0.6 is 0 Å². The van der Waals surface area contributed by atoms with Crippen LogP contribution in [0.15, 0.2) is 18.5 Å². The van der Waals surface area contributed by atoms with Gasteiger partial charge in [-0.3, -0.25) is 4.98 Å². The number of hydrogen-bond acceptors (Lipinski definition) is 3. The Labute approximate surface area is 104 Å². The van der Waals surface area contributed by atoms with E-state index < -0.39 is 0 Å². The number of rotatable bonds is 5. The van der Waals surface area contributed by atoms with Gasteiger partial charge < -0.3 is 10.1 Å². The zero-order chi connectivity index (χ0) is 12.1. The molecule has 1 aromatic rings. The summed E-state index contributed by atoms with van der Waals surface area (Å²) in [6.45, 7) is 6.26. The van der Waals surface area contributed by atoms with Crippen molar-refractivity contribution in [2.24, 2.45) is 0 Å². The van der Waals surface area contributed by atoms with Crippen LogP contribution in [0.3, 0.4) is 0 Å². The van der Waals surface area contributed by atoms with E-state index in [1.165, 1.54) is 17.5 Å². The topological polar surface area (TPSA) is 34.2 Å². The first-order valence-corrected chi connectivity index (χ1v) is 6.58. The normalized spacial score (nSPS) is 21.6. The molecule has 0 radical (unpaired) electrons. The molecule has 1 aliphatic rings. The van der Waals surface area contributed by atoms with Gasteiger partial charge in [0.25, 0.3) is 0 Å². The van der Waals surface area contributed by atoms with Crippen LogP contribution in [0.4, 0.5) is 0 Å². The smallest absolute Gasteiger partial charge is 0.0771 e. The summed E-state index contributed by atoms with van der Waals surface area (Å²) in [5.41, 5.74) is 2.58. The third-order valence-electron chi connectivity index (χ3n) is 3.37. The van der Waals surface area contributed by atoms with Crippen molar-refractivity contribution in [1.82, 2.24) is 10.3 Å². The highest BCUT2D eigenvalue weighted by Gasteiger charge is 2.27. The fourth-order valence-electron chi connectivity index (χ4n) is 2.41. The van der Waals surface area contributed by atoms with E-state index in [1.807, 2.05) is 12.4 Å². The van der Waals surface area contributed by atoms with Crippen molar-refractivity contribution in [3.8, 4) is 0 Å². The van der Waals surface area contributed by atoms with Crippen LogP contribution in [0.1, 0.15) is 43.4 Å². The second kappa shape index (κ2) is 6.12. The lowest BCUT2D eigenvalue weighted by atomic mass is 9.97. The van der Waals surface area contributed by atoms with Gasteiger partial charge in [0.15, 0.2) is 0 Å². The van der Waals surface area contributed by atoms with Crippen LogP contribution in [0.25, 0.3) is 0 Å². The number of hydrogen-bond donors (Lipinski definition) is 1. The molecule has 0 saturated carbocycles. The quantitative estimate of drug-likeness (QED) is 0.850. The summed E-state index contributed by atoms with van der Waals surface area (Å²) < 4.78 is 5.83. The van der Waals surface area contributed by atoms with E-state index in [1.54, 1.807) is 0 Å². The van der Waals surface area contributed by atoms with Gasteiger partial charge in [-0.15, -0.1) is 0 Å². The van der Waals surface area contributed by atoms with Gasteiger partial charge in [-0.1, -0.05) is 6.92 Å². The van der Waals surface area contributed by atoms with Gasteiger partial charge >= 0.3 is 0 Å². The Morgan fingerprint density at radius 1 is 1.59 bits per heavy atom. The van der Waals surface area contributed by atoms with Gasteiger partial charge in [0, 0.05) is 19.0 Å². The maximum absolute atomic E-state index is 5.83. The Morgan fingerprint density at radius 2 is 2.47 bits per heavy atom. The molecule has 2 heterocycles. The summed E-state index contributed by atoms with van der Waals surface area (Å²) in [7, 11) is 0. The molecule has 1 aliphatic heterocycles. The van der Waals surface area contributed by atoms with Crippen LogP contribution in [0.5, 0.6) is 0 Å². The van der Waals surface area contributed by atoms with E-state index in [0.717, 1.165) is 26.0 Å². The molecule has 3 heteroatoms. The van der Waals surface area contributed by atoms with Crippen molar-refractivity contribution in [3.63, 3.8) is 0 Å². The molecule has 1 fully saturated rings. The highest BCUT2D eigenvalue weighted by Crippen LogP contribution is 2.28. The van der Waals surface area contributed by atoms with Crippen LogP contribution in [0, 0.1) is 6.92 Å². The second-order valence-electron chi connectivity index (χ2n) is 4.72. The van der Waals surface area contributed by atoms with E-state index in [4.69, 9.17) is 4.74 Å². The molecular formula is C14H22N2O. The highest BCUT2D eigenvalue weighted by molar-refractivity contribution is 5.26. The Hall–Kier alpha value is -0.930. The first-order chi connectivity index (χ1) is 8.33. The predicted molar refractivity (Wildman–Crippen MR) is 69.0 cm³/mol. The van der Waals surface area contributed by atoms with Gasteiger partial charge in [-0.2, -0.15) is 0 Å². The third kappa shape index (κ3) is 3.05. The van der Waals surface area contributed by atoms with E-state index in [9.17, 15) is 0 Å². The molecule has 0 aromatic carbocycles. The number of nitrogens with zero attached hydrogens (tertiary/aromatic N) is 1. The summed E-state index contributed by atoms with van der Waals surface area (Å²) in [6.07, 6.45) is 7.60. The molecule has 2 rings (SSSR count). The molecule has 94 valence electrons. The van der Waals surface area contributed by atoms with Crippen LogP contribution in [-0.4, -0.2) is 24.2 Å². The first-order valence-electron chi connectivity index (χ1n) is 6.58. The SMILES string of the molecule is CCCNC(c1cnccc1C)C1CCCO1. The van der Waals surface area contributed by atoms with Crippen molar-refractivity contribution >= 4 is 0 Å². The lowest BCUT2D eigenvalue weighted by molar-refractivity contribution is 0.0780. The van der Waals surface area contributed by atoms with Gasteiger partial charge in [0.2, 0.25) is 0 Å². The third-order valence-corrected chi connectivity index (χ3v) is 3.37. The average Bonchev–Trinajstić information content (AvgIpc) is 2.85. The Bertz CT molecular complexity index is 348. The number of ether oxygens (including phenoxy) is 1. The van der Waals surface area contributed by atoms with E-state index in [2.05, 4.69) is 30.2 Å². The maximum atomic E-state index is 5.83.